The van der Waals surface area contributed by atoms with Crippen LogP contribution in [-0.2, 0) is 4.79 Å². The zero-order valence-corrected chi connectivity index (χ0v) is 16.5. The van der Waals surface area contributed by atoms with E-state index < -0.39 is 0 Å². The predicted octanol–water partition coefficient (Wildman–Crippen LogP) is 3.35. The molecule has 2 aromatic heterocycles. The van der Waals surface area contributed by atoms with E-state index in [1.807, 2.05) is 58.0 Å². The smallest absolute Gasteiger partial charge is 0.237 e. The van der Waals surface area contributed by atoms with Gasteiger partial charge >= 0.3 is 0 Å². The van der Waals surface area contributed by atoms with Gasteiger partial charge in [-0.2, -0.15) is 5.26 Å². The third kappa shape index (κ3) is 4.94. The number of rotatable bonds is 5. The maximum Gasteiger partial charge on any atom is 0.237 e. The molecule has 0 radical (unpaired) electrons. The molecule has 0 aromatic carbocycles. The largest absolute Gasteiger partial charge is 0.359 e. The molecule has 142 valence electrons. The van der Waals surface area contributed by atoms with Gasteiger partial charge in [-0.05, 0) is 18.9 Å². The number of hydrogen-bond donors (Lipinski definition) is 1. The Kier molecular flexibility index (Phi) is 9.13. The van der Waals surface area contributed by atoms with E-state index in [-0.39, 0.29) is 18.4 Å². The molecule has 1 atom stereocenters. The summed E-state index contributed by atoms with van der Waals surface area (Å²) in [7, 11) is 1.99. The lowest BCUT2D eigenvalue weighted by Crippen LogP contribution is -2.52. The number of aromatic nitrogens is 3. The Labute approximate surface area is 156 Å². The molecular weight excluding hydrogens is 328 g/mol. The fraction of sp³-hybridized carbons (Fsp3) is 0.579. The fourth-order valence-electron chi connectivity index (χ4n) is 2.85. The lowest BCUT2D eigenvalue weighted by molar-refractivity contribution is -0.137. The highest BCUT2D eigenvalue weighted by atomic mass is 16.2. The molecule has 1 N–H and O–H groups in total. The van der Waals surface area contributed by atoms with Gasteiger partial charge in [0.1, 0.15) is 24.2 Å². The van der Waals surface area contributed by atoms with E-state index >= 15 is 0 Å². The zero-order chi connectivity index (χ0) is 19.5. The summed E-state index contributed by atoms with van der Waals surface area (Å²) in [5, 5.41) is 9.61. The van der Waals surface area contributed by atoms with Gasteiger partial charge in [-0.3, -0.25) is 4.79 Å². The number of amides is 1. The molecular formula is C19H30N6O. The van der Waals surface area contributed by atoms with Crippen LogP contribution in [0, 0.1) is 11.3 Å². The van der Waals surface area contributed by atoms with Gasteiger partial charge in [0.15, 0.2) is 0 Å². The average molecular weight is 358 g/mol. The second-order valence-electron chi connectivity index (χ2n) is 5.51. The molecule has 0 spiro atoms. The van der Waals surface area contributed by atoms with E-state index in [4.69, 9.17) is 5.26 Å². The molecule has 7 heteroatoms. The van der Waals surface area contributed by atoms with Crippen molar-refractivity contribution in [3.05, 3.63) is 18.6 Å². The summed E-state index contributed by atoms with van der Waals surface area (Å²) in [5.41, 5.74) is 0.825. The van der Waals surface area contributed by atoms with E-state index in [1.54, 1.807) is 6.33 Å². The number of H-pyrrole nitrogens is 1. The number of nitrogens with zero attached hydrogens (tertiary/aromatic N) is 5. The van der Waals surface area contributed by atoms with Crippen molar-refractivity contribution in [1.82, 2.24) is 19.9 Å². The molecule has 1 amide bonds. The Morgan fingerprint density at radius 1 is 1.38 bits per heavy atom. The Hall–Kier alpha value is -2.62. The third-order valence-electron chi connectivity index (χ3n) is 4.19. The Balaban J connectivity index is 0.000000791. The number of likely N-dealkylation sites (tertiary alicyclic amines) is 1. The lowest BCUT2D eigenvalue weighted by Gasteiger charge is -2.41. The van der Waals surface area contributed by atoms with Crippen LogP contribution in [0.25, 0.3) is 11.0 Å². The molecule has 3 rings (SSSR count). The molecule has 2 aromatic rings. The van der Waals surface area contributed by atoms with Gasteiger partial charge in [-0.1, -0.05) is 27.7 Å². The molecule has 1 fully saturated rings. The van der Waals surface area contributed by atoms with Crippen molar-refractivity contribution in [2.24, 2.45) is 0 Å². The topological polar surface area (TPSA) is 88.9 Å². The van der Waals surface area contributed by atoms with Crippen LogP contribution in [0.2, 0.25) is 0 Å². The first-order chi connectivity index (χ1) is 12.7. The number of aromatic amines is 1. The van der Waals surface area contributed by atoms with Crippen molar-refractivity contribution >= 4 is 22.8 Å². The minimum Gasteiger partial charge on any atom is -0.359 e. The summed E-state index contributed by atoms with van der Waals surface area (Å²) in [5.74, 6) is 0.830. The van der Waals surface area contributed by atoms with Crippen molar-refractivity contribution in [2.45, 2.75) is 53.0 Å². The minimum atomic E-state index is -0.0588. The van der Waals surface area contributed by atoms with Crippen LogP contribution in [0.1, 0.15) is 47.0 Å². The molecule has 7 nitrogen and oxygen atoms in total. The summed E-state index contributed by atoms with van der Waals surface area (Å²) >= 11 is 0. The van der Waals surface area contributed by atoms with Gasteiger partial charge < -0.3 is 14.8 Å². The summed E-state index contributed by atoms with van der Waals surface area (Å²) in [6.45, 7) is 9.57. The van der Waals surface area contributed by atoms with Gasteiger partial charge in [0.2, 0.25) is 5.91 Å². The average Bonchev–Trinajstić information content (AvgIpc) is 3.13. The number of hydrogen-bond acceptors (Lipinski definition) is 5. The van der Waals surface area contributed by atoms with Gasteiger partial charge in [-0.25, -0.2) is 9.97 Å². The maximum atomic E-state index is 11.8. The Morgan fingerprint density at radius 3 is 2.73 bits per heavy atom. The normalized spacial score (nSPS) is 14.9. The maximum absolute atomic E-state index is 11.8. The number of fused-ring (bicyclic) bond motifs is 1. The summed E-state index contributed by atoms with van der Waals surface area (Å²) in [6, 6.07) is 4.13. The van der Waals surface area contributed by atoms with Gasteiger partial charge in [0.25, 0.3) is 0 Å². The predicted molar refractivity (Wildman–Crippen MR) is 105 cm³/mol. The van der Waals surface area contributed by atoms with Crippen LogP contribution in [0.15, 0.2) is 18.6 Å². The monoisotopic (exact) mass is 358 g/mol. The highest BCUT2D eigenvalue weighted by Crippen LogP contribution is 2.24. The van der Waals surface area contributed by atoms with E-state index in [0.717, 1.165) is 42.8 Å². The SMILES string of the molecule is CC.CC.CN(CC[C@@H]1CCN1C(=O)CC#N)c1ncnc2[nH]ccc12. The summed E-state index contributed by atoms with van der Waals surface area (Å²) in [4.78, 5) is 27.3. The van der Waals surface area contributed by atoms with E-state index in [2.05, 4.69) is 19.9 Å². The second kappa shape index (κ2) is 11.1. The van der Waals surface area contributed by atoms with Crippen molar-refractivity contribution in [2.75, 3.05) is 25.0 Å². The van der Waals surface area contributed by atoms with Crippen LogP contribution in [-0.4, -0.2) is 51.9 Å². The molecule has 0 bridgehead atoms. The highest BCUT2D eigenvalue weighted by Gasteiger charge is 2.31. The van der Waals surface area contributed by atoms with E-state index in [9.17, 15) is 4.79 Å². The molecule has 0 unspecified atom stereocenters. The zero-order valence-electron chi connectivity index (χ0n) is 16.5. The second-order valence-corrected chi connectivity index (χ2v) is 5.51. The van der Waals surface area contributed by atoms with Crippen LogP contribution >= 0.6 is 0 Å². The van der Waals surface area contributed by atoms with Crippen molar-refractivity contribution in [1.29, 1.82) is 5.26 Å². The molecule has 0 aliphatic carbocycles. The van der Waals surface area contributed by atoms with Gasteiger partial charge in [0.05, 0.1) is 11.5 Å². The number of anilines is 1. The third-order valence-corrected chi connectivity index (χ3v) is 4.19. The summed E-state index contributed by atoms with van der Waals surface area (Å²) < 4.78 is 0. The number of carbonyl (C=O) groups is 1. The number of carbonyl (C=O) groups excluding carboxylic acids is 1. The molecule has 0 saturated carbocycles. The van der Waals surface area contributed by atoms with Crippen molar-refractivity contribution < 1.29 is 4.79 Å². The van der Waals surface area contributed by atoms with E-state index in [1.165, 1.54) is 0 Å². The quantitative estimate of drug-likeness (QED) is 0.885. The van der Waals surface area contributed by atoms with Gasteiger partial charge in [-0.15, -0.1) is 0 Å². The molecule has 1 aliphatic heterocycles. The van der Waals surface area contributed by atoms with Crippen LogP contribution in [0.3, 0.4) is 0 Å². The lowest BCUT2D eigenvalue weighted by atomic mass is 9.99. The fourth-order valence-corrected chi connectivity index (χ4v) is 2.85. The summed E-state index contributed by atoms with van der Waals surface area (Å²) in [6.07, 6.45) is 5.27. The Bertz CT molecular complexity index is 720. The first-order valence-electron chi connectivity index (χ1n) is 9.36. The van der Waals surface area contributed by atoms with Crippen molar-refractivity contribution in [3.8, 4) is 6.07 Å². The Morgan fingerprint density at radius 2 is 2.12 bits per heavy atom. The first-order valence-corrected chi connectivity index (χ1v) is 9.36. The number of nitriles is 1. The number of nitrogens with one attached hydrogen (secondary N) is 1. The molecule has 26 heavy (non-hydrogen) atoms. The highest BCUT2D eigenvalue weighted by molar-refractivity contribution is 5.87. The van der Waals surface area contributed by atoms with E-state index in [0.29, 0.717) is 0 Å². The minimum absolute atomic E-state index is 0.0256. The van der Waals surface area contributed by atoms with Crippen LogP contribution < -0.4 is 4.90 Å². The van der Waals surface area contributed by atoms with Crippen LogP contribution in [0.5, 0.6) is 0 Å². The first kappa shape index (κ1) is 21.4. The standard InChI is InChI=1S/C15H18N6O.2C2H6/c1-20(15-12-3-7-17-14(12)18-10-19-15)8-4-11-5-9-21(11)13(22)2-6-16;2*1-2/h3,7,10-11H,2,4-5,8-9H2,1H3,(H,17,18,19);2*1-2H3/t11-;;/m1../s1. The van der Waals surface area contributed by atoms with Gasteiger partial charge in [0, 0.05) is 32.4 Å². The molecule has 3 heterocycles. The molecule has 1 saturated heterocycles. The van der Waals surface area contributed by atoms with Crippen molar-refractivity contribution in [3.63, 3.8) is 0 Å². The molecule has 1 aliphatic rings. The van der Waals surface area contributed by atoms with Crippen LogP contribution in [0.4, 0.5) is 5.82 Å².